The summed E-state index contributed by atoms with van der Waals surface area (Å²) in [6, 6.07) is 5.34. The molecular formula is C31H46N2O4S. The molecule has 6 heterocycles. The summed E-state index contributed by atoms with van der Waals surface area (Å²) in [4.78, 5) is 4.83. The van der Waals surface area contributed by atoms with Crippen molar-refractivity contribution in [1.29, 1.82) is 0 Å². The molecule has 6 rings (SSSR count). The normalized spacial score (nSPS) is 44.5. The number of rotatable bonds is 5. The Kier molecular flexibility index (Phi) is 7.30. The van der Waals surface area contributed by atoms with E-state index in [1.165, 1.54) is 24.0 Å². The highest BCUT2D eigenvalue weighted by atomic mass is 32.2. The van der Waals surface area contributed by atoms with Crippen LogP contribution in [0.3, 0.4) is 0 Å². The maximum atomic E-state index is 12.0. The summed E-state index contributed by atoms with van der Waals surface area (Å²) in [6.45, 7) is 9.21. The zero-order valence-electron chi connectivity index (χ0n) is 23.5. The molecule has 2 aromatic heterocycles. The molecule has 4 aliphatic heterocycles. The van der Waals surface area contributed by atoms with Gasteiger partial charge in [-0.1, -0.05) is 20.8 Å². The SMILES string of the molecule is CC1CC[C@@H](c2ccoc2)N2C1CC[C@@](C)(CS[C@]1(C)CCC3C(C)CC[C@@H](c4ccoc4)N3C1O)C2O. The molecule has 4 saturated heterocycles. The molecule has 0 aliphatic carbocycles. The Morgan fingerprint density at radius 3 is 1.84 bits per heavy atom. The molecular weight excluding hydrogens is 496 g/mol. The minimum absolute atomic E-state index is 0.201. The molecule has 6 unspecified atom stereocenters. The third-order valence-electron chi connectivity index (χ3n) is 10.9. The largest absolute Gasteiger partial charge is 0.472 e. The molecule has 2 aromatic rings. The van der Waals surface area contributed by atoms with Gasteiger partial charge in [-0.2, -0.15) is 11.8 Å². The maximum absolute atomic E-state index is 12.0. The Morgan fingerprint density at radius 2 is 1.32 bits per heavy atom. The van der Waals surface area contributed by atoms with Gasteiger partial charge in [-0.15, -0.1) is 0 Å². The topological polar surface area (TPSA) is 73.2 Å². The molecule has 0 spiro atoms. The van der Waals surface area contributed by atoms with Crippen molar-refractivity contribution in [2.24, 2.45) is 17.3 Å². The van der Waals surface area contributed by atoms with Crippen molar-refractivity contribution in [3.63, 3.8) is 0 Å². The number of nitrogens with zero attached hydrogens (tertiary/aromatic N) is 2. The van der Waals surface area contributed by atoms with E-state index >= 15 is 0 Å². The molecule has 4 aliphatic rings. The van der Waals surface area contributed by atoms with Crippen molar-refractivity contribution in [2.75, 3.05) is 5.75 Å². The molecule has 38 heavy (non-hydrogen) atoms. The van der Waals surface area contributed by atoms with Crippen molar-refractivity contribution in [3.8, 4) is 0 Å². The van der Waals surface area contributed by atoms with Crippen LogP contribution in [0.5, 0.6) is 0 Å². The lowest BCUT2D eigenvalue weighted by Crippen LogP contribution is -2.63. The summed E-state index contributed by atoms with van der Waals surface area (Å²) in [7, 11) is 0. The van der Waals surface area contributed by atoms with Crippen LogP contribution in [0, 0.1) is 17.3 Å². The monoisotopic (exact) mass is 542 g/mol. The van der Waals surface area contributed by atoms with Gasteiger partial charge in [0.2, 0.25) is 0 Å². The summed E-state index contributed by atoms with van der Waals surface area (Å²) in [5, 5.41) is 23.9. The number of hydrogen-bond donors (Lipinski definition) is 2. The molecule has 0 saturated carbocycles. The molecule has 0 aromatic carbocycles. The first-order valence-electron chi connectivity index (χ1n) is 14.8. The van der Waals surface area contributed by atoms with E-state index in [0.717, 1.165) is 44.3 Å². The highest BCUT2D eigenvalue weighted by molar-refractivity contribution is 8.00. The molecule has 6 nitrogen and oxygen atoms in total. The number of hydrogen-bond acceptors (Lipinski definition) is 7. The van der Waals surface area contributed by atoms with Crippen LogP contribution in [-0.2, 0) is 0 Å². The summed E-state index contributed by atoms with van der Waals surface area (Å²) < 4.78 is 10.6. The van der Waals surface area contributed by atoms with Gasteiger partial charge in [-0.05, 0) is 82.3 Å². The van der Waals surface area contributed by atoms with E-state index in [0.29, 0.717) is 23.9 Å². The van der Waals surface area contributed by atoms with Crippen LogP contribution < -0.4 is 0 Å². The summed E-state index contributed by atoms with van der Waals surface area (Å²) >= 11 is 1.89. The first-order valence-corrected chi connectivity index (χ1v) is 15.8. The number of fused-ring (bicyclic) bond motifs is 2. The number of piperidine rings is 4. The fraction of sp³-hybridized carbons (Fsp3) is 0.742. The fourth-order valence-electron chi connectivity index (χ4n) is 8.22. The van der Waals surface area contributed by atoms with Crippen LogP contribution in [0.25, 0.3) is 0 Å². The minimum Gasteiger partial charge on any atom is -0.472 e. The average molecular weight is 543 g/mol. The number of thioether (sulfide) groups is 1. The molecule has 2 N–H and O–H groups in total. The third-order valence-corrected chi connectivity index (χ3v) is 12.7. The zero-order chi connectivity index (χ0) is 26.7. The molecule has 0 bridgehead atoms. The first kappa shape index (κ1) is 26.9. The lowest BCUT2D eigenvalue weighted by atomic mass is 9.72. The molecule has 4 fully saturated rings. The van der Waals surface area contributed by atoms with Crippen molar-refractivity contribution < 1.29 is 19.0 Å². The summed E-state index contributed by atoms with van der Waals surface area (Å²) in [5.74, 6) is 2.00. The first-order chi connectivity index (χ1) is 18.2. The minimum atomic E-state index is -0.528. The van der Waals surface area contributed by atoms with Crippen LogP contribution >= 0.6 is 11.8 Å². The van der Waals surface area contributed by atoms with Gasteiger partial charge in [-0.25, -0.2) is 0 Å². The van der Waals surface area contributed by atoms with E-state index in [9.17, 15) is 10.2 Å². The highest BCUT2D eigenvalue weighted by Crippen LogP contribution is 2.54. The van der Waals surface area contributed by atoms with Crippen LogP contribution in [-0.4, -0.2) is 55.1 Å². The molecule has 210 valence electrons. The Balaban J connectivity index is 1.21. The Hall–Kier alpha value is -1.25. The second-order valence-electron chi connectivity index (χ2n) is 13.4. The predicted molar refractivity (Wildman–Crippen MR) is 150 cm³/mol. The molecule has 0 amide bonds. The van der Waals surface area contributed by atoms with E-state index in [2.05, 4.69) is 49.6 Å². The second kappa shape index (κ2) is 10.3. The van der Waals surface area contributed by atoms with Gasteiger partial charge in [0.1, 0.15) is 12.5 Å². The predicted octanol–water partition coefficient (Wildman–Crippen LogP) is 6.58. The smallest absolute Gasteiger partial charge is 0.122 e. The van der Waals surface area contributed by atoms with E-state index < -0.39 is 12.5 Å². The zero-order valence-corrected chi connectivity index (χ0v) is 24.3. The fourth-order valence-corrected chi connectivity index (χ4v) is 9.71. The molecule has 10 atom stereocenters. The number of aliphatic hydroxyl groups excluding tert-OH is 2. The van der Waals surface area contributed by atoms with Crippen LogP contribution in [0.4, 0.5) is 0 Å². The molecule has 0 radical (unpaired) electrons. The van der Waals surface area contributed by atoms with Gasteiger partial charge < -0.3 is 19.0 Å². The summed E-state index contributed by atoms with van der Waals surface area (Å²) in [6.07, 6.45) is 14.9. The van der Waals surface area contributed by atoms with Crippen LogP contribution in [0.2, 0.25) is 0 Å². The average Bonchev–Trinajstić information content (AvgIpc) is 3.63. The van der Waals surface area contributed by atoms with Crippen molar-refractivity contribution in [2.45, 2.75) is 120 Å². The highest BCUT2D eigenvalue weighted by Gasteiger charge is 2.54. The van der Waals surface area contributed by atoms with E-state index in [-0.39, 0.29) is 22.2 Å². The quantitative estimate of drug-likeness (QED) is 0.442. The lowest BCUT2D eigenvalue weighted by molar-refractivity contribution is -0.173. The third kappa shape index (κ3) is 4.50. The van der Waals surface area contributed by atoms with E-state index in [1.807, 2.05) is 24.3 Å². The second-order valence-corrected chi connectivity index (χ2v) is 14.9. The van der Waals surface area contributed by atoms with Gasteiger partial charge in [0.25, 0.3) is 0 Å². The Bertz CT molecular complexity index is 978. The van der Waals surface area contributed by atoms with E-state index in [4.69, 9.17) is 8.83 Å². The van der Waals surface area contributed by atoms with Crippen LogP contribution in [0.1, 0.15) is 102 Å². The van der Waals surface area contributed by atoms with Crippen molar-refractivity contribution in [1.82, 2.24) is 9.80 Å². The van der Waals surface area contributed by atoms with Gasteiger partial charge in [0, 0.05) is 46.5 Å². The van der Waals surface area contributed by atoms with Crippen LogP contribution in [0.15, 0.2) is 46.0 Å². The Labute approximate surface area is 232 Å². The van der Waals surface area contributed by atoms with Crippen molar-refractivity contribution in [3.05, 3.63) is 48.3 Å². The van der Waals surface area contributed by atoms with Crippen molar-refractivity contribution >= 4 is 11.8 Å². The standard InChI is InChI=1S/C31H46N2O4S/c1-20-5-7-26(22-11-15-36-17-22)32-24(20)9-13-30(3,28(32)34)19-38-31(4)14-10-25-21(2)6-8-27(33(25)29(31)35)23-12-16-37-18-23/h11-12,15-18,20-21,24-29,34-35H,5-10,13-14,19H2,1-4H3/t20?,21?,24?,25?,26-,27-,28?,29?,30-,31+/m0/s1. The van der Waals surface area contributed by atoms with Gasteiger partial charge in [-0.3, -0.25) is 9.80 Å². The maximum Gasteiger partial charge on any atom is 0.122 e. The van der Waals surface area contributed by atoms with Gasteiger partial charge in [0.05, 0.1) is 29.8 Å². The lowest BCUT2D eigenvalue weighted by Gasteiger charge is -2.58. The number of aliphatic hydroxyl groups is 2. The number of furan rings is 2. The van der Waals surface area contributed by atoms with Gasteiger partial charge in [0.15, 0.2) is 0 Å². The Morgan fingerprint density at radius 1 is 0.789 bits per heavy atom. The summed E-state index contributed by atoms with van der Waals surface area (Å²) in [5.41, 5.74) is 2.13. The van der Waals surface area contributed by atoms with Gasteiger partial charge >= 0.3 is 0 Å². The van der Waals surface area contributed by atoms with E-state index in [1.54, 1.807) is 12.5 Å². The molecule has 7 heteroatoms.